The van der Waals surface area contributed by atoms with E-state index in [9.17, 15) is 4.79 Å². The Morgan fingerprint density at radius 2 is 2.22 bits per heavy atom. The van der Waals surface area contributed by atoms with Gasteiger partial charge in [0.25, 0.3) is 0 Å². The molecule has 23 heavy (non-hydrogen) atoms. The largest absolute Gasteiger partial charge is 0.366 e. The van der Waals surface area contributed by atoms with Crippen LogP contribution >= 0.6 is 0 Å². The minimum Gasteiger partial charge on any atom is -0.366 e. The molecule has 1 saturated heterocycles. The van der Waals surface area contributed by atoms with Crippen molar-refractivity contribution in [1.82, 2.24) is 9.88 Å². The number of primary amides is 1. The maximum absolute atomic E-state index is 11.3. The standard InChI is InChI=1S/C19H23N3O/c1-14-4-3-8-21-18(14)13-22-9-7-16(12-22)10-15-5-2-6-17(11-15)19(20)23/h2-6,8,11,16H,7,9-10,12-13H2,1H3,(H2,20,23)/t16-/m0/s1. The second kappa shape index (κ2) is 6.92. The lowest BCUT2D eigenvalue weighted by molar-refractivity contribution is 0.1000. The lowest BCUT2D eigenvalue weighted by atomic mass is 9.97. The van der Waals surface area contributed by atoms with Crippen LogP contribution in [0.25, 0.3) is 0 Å². The maximum atomic E-state index is 11.3. The Hall–Kier alpha value is -2.20. The predicted octanol–water partition coefficient (Wildman–Crippen LogP) is 2.55. The van der Waals surface area contributed by atoms with E-state index >= 15 is 0 Å². The zero-order valence-electron chi connectivity index (χ0n) is 13.5. The van der Waals surface area contributed by atoms with Gasteiger partial charge in [0.05, 0.1) is 5.69 Å². The number of rotatable bonds is 5. The molecule has 4 nitrogen and oxygen atoms in total. The molecule has 0 unspecified atom stereocenters. The first-order valence-electron chi connectivity index (χ1n) is 8.13. The molecule has 1 aromatic carbocycles. The first-order chi connectivity index (χ1) is 11.1. The van der Waals surface area contributed by atoms with Gasteiger partial charge in [-0.2, -0.15) is 0 Å². The number of benzene rings is 1. The monoisotopic (exact) mass is 309 g/mol. The maximum Gasteiger partial charge on any atom is 0.248 e. The van der Waals surface area contributed by atoms with Crippen molar-refractivity contribution in [3.8, 4) is 0 Å². The van der Waals surface area contributed by atoms with Gasteiger partial charge in [-0.05, 0) is 61.6 Å². The molecule has 0 radical (unpaired) electrons. The average Bonchev–Trinajstić information content (AvgIpc) is 2.97. The summed E-state index contributed by atoms with van der Waals surface area (Å²) in [4.78, 5) is 18.2. The van der Waals surface area contributed by atoms with Crippen LogP contribution in [-0.2, 0) is 13.0 Å². The molecule has 2 N–H and O–H groups in total. The van der Waals surface area contributed by atoms with E-state index in [1.165, 1.54) is 23.2 Å². The second-order valence-electron chi connectivity index (χ2n) is 6.43. The van der Waals surface area contributed by atoms with Gasteiger partial charge in [-0.25, -0.2) is 0 Å². The van der Waals surface area contributed by atoms with Crippen LogP contribution in [0.1, 0.15) is 33.6 Å². The Kier molecular flexibility index (Phi) is 4.72. The smallest absolute Gasteiger partial charge is 0.248 e. The van der Waals surface area contributed by atoms with Gasteiger partial charge in [0.1, 0.15) is 0 Å². The molecule has 0 saturated carbocycles. The third kappa shape index (κ3) is 3.96. The van der Waals surface area contributed by atoms with Crippen molar-refractivity contribution in [2.24, 2.45) is 11.7 Å². The summed E-state index contributed by atoms with van der Waals surface area (Å²) in [5, 5.41) is 0. The third-order valence-electron chi connectivity index (χ3n) is 4.60. The summed E-state index contributed by atoms with van der Waals surface area (Å²) in [5.41, 5.74) is 9.58. The minimum atomic E-state index is -0.356. The summed E-state index contributed by atoms with van der Waals surface area (Å²) in [6.07, 6.45) is 4.05. The Bertz CT molecular complexity index is 699. The van der Waals surface area contributed by atoms with E-state index < -0.39 is 0 Å². The zero-order valence-corrected chi connectivity index (χ0v) is 13.5. The number of amides is 1. The molecule has 0 bridgehead atoms. The molecular formula is C19H23N3O. The van der Waals surface area contributed by atoms with E-state index in [1.807, 2.05) is 24.4 Å². The van der Waals surface area contributed by atoms with Crippen LogP contribution in [0.15, 0.2) is 42.6 Å². The first-order valence-corrected chi connectivity index (χ1v) is 8.13. The van der Waals surface area contributed by atoms with Gasteiger partial charge < -0.3 is 5.73 Å². The zero-order chi connectivity index (χ0) is 16.2. The summed E-state index contributed by atoms with van der Waals surface area (Å²) in [6.45, 7) is 5.22. The minimum absolute atomic E-state index is 0.356. The van der Waals surface area contributed by atoms with Crippen molar-refractivity contribution >= 4 is 5.91 Å². The summed E-state index contributed by atoms with van der Waals surface area (Å²) in [7, 11) is 0. The van der Waals surface area contributed by atoms with E-state index in [0.717, 1.165) is 26.1 Å². The summed E-state index contributed by atoms with van der Waals surface area (Å²) >= 11 is 0. The molecule has 1 amide bonds. The normalized spacial score (nSPS) is 18.2. The van der Waals surface area contributed by atoms with Crippen molar-refractivity contribution in [2.75, 3.05) is 13.1 Å². The average molecular weight is 309 g/mol. The molecule has 0 aliphatic carbocycles. The number of carbonyl (C=O) groups is 1. The molecule has 120 valence electrons. The van der Waals surface area contributed by atoms with Crippen molar-refractivity contribution < 1.29 is 4.79 Å². The third-order valence-corrected chi connectivity index (χ3v) is 4.60. The molecule has 3 rings (SSSR count). The van der Waals surface area contributed by atoms with Crippen LogP contribution in [-0.4, -0.2) is 28.9 Å². The number of aryl methyl sites for hydroxylation is 1. The van der Waals surface area contributed by atoms with Gasteiger partial charge in [0.15, 0.2) is 0 Å². The molecule has 1 aliphatic heterocycles. The number of aromatic nitrogens is 1. The van der Waals surface area contributed by atoms with E-state index in [2.05, 4.69) is 28.9 Å². The molecular weight excluding hydrogens is 286 g/mol. The number of hydrogen-bond donors (Lipinski definition) is 1. The summed E-state index contributed by atoms with van der Waals surface area (Å²) in [6, 6.07) is 11.8. The molecule has 1 atom stereocenters. The molecule has 0 spiro atoms. The summed E-state index contributed by atoms with van der Waals surface area (Å²) in [5.74, 6) is 0.271. The van der Waals surface area contributed by atoms with Gasteiger partial charge in [-0.3, -0.25) is 14.7 Å². The van der Waals surface area contributed by atoms with Crippen LogP contribution in [0.4, 0.5) is 0 Å². The highest BCUT2D eigenvalue weighted by Crippen LogP contribution is 2.23. The molecule has 1 aliphatic rings. The topological polar surface area (TPSA) is 59.2 Å². The predicted molar refractivity (Wildman–Crippen MR) is 91.0 cm³/mol. The Labute approximate surface area is 137 Å². The number of nitrogens with zero attached hydrogens (tertiary/aromatic N) is 2. The van der Waals surface area contributed by atoms with E-state index in [0.29, 0.717) is 11.5 Å². The molecule has 2 aromatic rings. The van der Waals surface area contributed by atoms with E-state index in [4.69, 9.17) is 5.73 Å². The second-order valence-corrected chi connectivity index (χ2v) is 6.43. The first kappa shape index (κ1) is 15.7. The van der Waals surface area contributed by atoms with Crippen LogP contribution in [0, 0.1) is 12.8 Å². The number of nitrogens with two attached hydrogens (primary N) is 1. The number of carbonyl (C=O) groups excluding carboxylic acids is 1. The van der Waals surface area contributed by atoms with Gasteiger partial charge in [0.2, 0.25) is 5.91 Å². The Morgan fingerprint density at radius 1 is 1.35 bits per heavy atom. The molecule has 1 aromatic heterocycles. The van der Waals surface area contributed by atoms with E-state index in [1.54, 1.807) is 6.07 Å². The van der Waals surface area contributed by atoms with Crippen molar-refractivity contribution in [2.45, 2.75) is 26.3 Å². The highest BCUT2D eigenvalue weighted by molar-refractivity contribution is 5.92. The lowest BCUT2D eigenvalue weighted by Gasteiger charge is -2.17. The van der Waals surface area contributed by atoms with Crippen LogP contribution in [0.5, 0.6) is 0 Å². The molecule has 2 heterocycles. The van der Waals surface area contributed by atoms with Crippen LogP contribution in [0.2, 0.25) is 0 Å². The molecule has 1 fully saturated rings. The summed E-state index contributed by atoms with van der Waals surface area (Å²) < 4.78 is 0. The SMILES string of the molecule is Cc1cccnc1CN1CC[C@@H](Cc2cccc(C(N)=O)c2)C1. The number of pyridine rings is 1. The molecule has 4 heteroatoms. The quantitative estimate of drug-likeness (QED) is 0.923. The van der Waals surface area contributed by atoms with Gasteiger partial charge >= 0.3 is 0 Å². The van der Waals surface area contributed by atoms with Gasteiger partial charge in [0, 0.05) is 24.8 Å². The number of hydrogen-bond acceptors (Lipinski definition) is 3. The van der Waals surface area contributed by atoms with Crippen LogP contribution in [0.3, 0.4) is 0 Å². The highest BCUT2D eigenvalue weighted by Gasteiger charge is 2.23. The lowest BCUT2D eigenvalue weighted by Crippen LogP contribution is -2.21. The van der Waals surface area contributed by atoms with Gasteiger partial charge in [-0.15, -0.1) is 0 Å². The van der Waals surface area contributed by atoms with Crippen molar-refractivity contribution in [3.05, 3.63) is 65.0 Å². The van der Waals surface area contributed by atoms with E-state index in [-0.39, 0.29) is 5.91 Å². The number of likely N-dealkylation sites (tertiary alicyclic amines) is 1. The van der Waals surface area contributed by atoms with Crippen molar-refractivity contribution in [1.29, 1.82) is 0 Å². The fourth-order valence-corrected chi connectivity index (χ4v) is 3.30. The fraction of sp³-hybridized carbons (Fsp3) is 0.368. The Balaban J connectivity index is 1.59. The Morgan fingerprint density at radius 3 is 3.00 bits per heavy atom. The van der Waals surface area contributed by atoms with Gasteiger partial charge in [-0.1, -0.05) is 18.2 Å². The van der Waals surface area contributed by atoms with Crippen molar-refractivity contribution in [3.63, 3.8) is 0 Å². The fourth-order valence-electron chi connectivity index (χ4n) is 3.30. The van der Waals surface area contributed by atoms with Crippen LogP contribution < -0.4 is 5.73 Å². The highest BCUT2D eigenvalue weighted by atomic mass is 16.1.